The summed E-state index contributed by atoms with van der Waals surface area (Å²) in [6.07, 6.45) is 3.28. The Kier molecular flexibility index (Phi) is 5.55. The van der Waals surface area contributed by atoms with Crippen LogP contribution in [0, 0.1) is 5.92 Å². The molecule has 0 spiro atoms. The maximum absolute atomic E-state index is 11.8. The Morgan fingerprint density at radius 3 is 2.50 bits per heavy atom. The number of hydrogen-bond donors (Lipinski definition) is 3. The zero-order valence-corrected chi connectivity index (χ0v) is 13.5. The Balaban J connectivity index is 1.77. The monoisotopic (exact) mass is 325 g/mol. The zero-order chi connectivity index (χ0) is 16.2. The lowest BCUT2D eigenvalue weighted by atomic mass is 10.1. The minimum Gasteiger partial charge on any atom is -0.355 e. The SMILES string of the molecule is CNS(=O)(=O)c1ccc(CCC(=O)NCC(N)C2CC2)cc1. The molecule has 1 fully saturated rings. The molecule has 1 amide bonds. The number of carbonyl (C=O) groups excluding carboxylic acids is 1. The Morgan fingerprint density at radius 1 is 1.32 bits per heavy atom. The van der Waals surface area contributed by atoms with E-state index >= 15 is 0 Å². The van der Waals surface area contributed by atoms with E-state index in [0.717, 1.165) is 5.56 Å². The summed E-state index contributed by atoms with van der Waals surface area (Å²) in [7, 11) is -2.03. The first-order valence-electron chi connectivity index (χ1n) is 7.47. The van der Waals surface area contributed by atoms with Crippen molar-refractivity contribution in [3.8, 4) is 0 Å². The smallest absolute Gasteiger partial charge is 0.240 e. The van der Waals surface area contributed by atoms with Gasteiger partial charge in [0, 0.05) is 19.0 Å². The standard InChI is InChI=1S/C15H23N3O3S/c1-17-22(20,21)13-7-2-11(3-8-13)4-9-15(19)18-10-14(16)12-5-6-12/h2-3,7-8,12,14,17H,4-6,9-10,16H2,1H3,(H,18,19). The molecule has 7 heteroatoms. The molecule has 1 unspecified atom stereocenters. The van der Waals surface area contributed by atoms with Gasteiger partial charge in [-0.15, -0.1) is 0 Å². The highest BCUT2D eigenvalue weighted by Gasteiger charge is 2.28. The van der Waals surface area contributed by atoms with Crippen LogP contribution in [0.1, 0.15) is 24.8 Å². The van der Waals surface area contributed by atoms with Gasteiger partial charge in [-0.3, -0.25) is 4.79 Å². The number of aryl methyl sites for hydroxylation is 1. The van der Waals surface area contributed by atoms with Gasteiger partial charge in [0.05, 0.1) is 4.90 Å². The molecule has 1 aliphatic rings. The summed E-state index contributed by atoms with van der Waals surface area (Å²) in [6.45, 7) is 0.531. The van der Waals surface area contributed by atoms with Crippen LogP contribution in [0.5, 0.6) is 0 Å². The summed E-state index contributed by atoms with van der Waals surface area (Å²) >= 11 is 0. The van der Waals surface area contributed by atoms with Crippen LogP contribution in [0.3, 0.4) is 0 Å². The number of hydrogen-bond acceptors (Lipinski definition) is 4. The molecule has 1 saturated carbocycles. The molecular weight excluding hydrogens is 302 g/mol. The average molecular weight is 325 g/mol. The molecule has 22 heavy (non-hydrogen) atoms. The Bertz CT molecular complexity index is 609. The van der Waals surface area contributed by atoms with Crippen molar-refractivity contribution in [1.29, 1.82) is 0 Å². The van der Waals surface area contributed by atoms with Crippen molar-refractivity contribution in [2.24, 2.45) is 11.7 Å². The number of rotatable bonds is 8. The lowest BCUT2D eigenvalue weighted by Crippen LogP contribution is -2.38. The van der Waals surface area contributed by atoms with Crippen LogP contribution in [0.4, 0.5) is 0 Å². The van der Waals surface area contributed by atoms with Gasteiger partial charge in [-0.1, -0.05) is 12.1 Å². The van der Waals surface area contributed by atoms with E-state index in [0.29, 0.717) is 25.3 Å². The molecule has 0 aromatic heterocycles. The summed E-state index contributed by atoms with van der Waals surface area (Å²) < 4.78 is 25.5. The molecule has 1 atom stereocenters. The van der Waals surface area contributed by atoms with E-state index in [4.69, 9.17) is 5.73 Å². The molecule has 1 aromatic rings. The first-order valence-corrected chi connectivity index (χ1v) is 8.95. The topological polar surface area (TPSA) is 101 Å². The van der Waals surface area contributed by atoms with Crippen LogP contribution in [-0.2, 0) is 21.2 Å². The maximum Gasteiger partial charge on any atom is 0.240 e. The Labute approximate surface area is 131 Å². The third kappa shape index (κ3) is 4.79. The van der Waals surface area contributed by atoms with Gasteiger partial charge in [0.2, 0.25) is 15.9 Å². The largest absolute Gasteiger partial charge is 0.355 e. The van der Waals surface area contributed by atoms with E-state index in [1.54, 1.807) is 24.3 Å². The van der Waals surface area contributed by atoms with Crippen LogP contribution in [0.2, 0.25) is 0 Å². The summed E-state index contributed by atoms with van der Waals surface area (Å²) in [5.41, 5.74) is 6.86. The summed E-state index contributed by atoms with van der Waals surface area (Å²) in [5.74, 6) is 0.546. The highest BCUT2D eigenvalue weighted by molar-refractivity contribution is 7.89. The third-order valence-electron chi connectivity index (χ3n) is 3.91. The molecule has 4 N–H and O–H groups in total. The molecule has 0 bridgehead atoms. The molecular formula is C15H23N3O3S. The van der Waals surface area contributed by atoms with E-state index in [2.05, 4.69) is 10.0 Å². The second-order valence-electron chi connectivity index (χ2n) is 5.66. The van der Waals surface area contributed by atoms with E-state index in [9.17, 15) is 13.2 Å². The molecule has 0 heterocycles. The van der Waals surface area contributed by atoms with Gasteiger partial charge in [-0.05, 0) is 49.9 Å². The van der Waals surface area contributed by atoms with Crippen LogP contribution >= 0.6 is 0 Å². The number of nitrogens with one attached hydrogen (secondary N) is 2. The summed E-state index contributed by atoms with van der Waals surface area (Å²) in [6, 6.07) is 6.61. The number of amides is 1. The summed E-state index contributed by atoms with van der Waals surface area (Å²) in [5, 5.41) is 2.85. The fourth-order valence-electron chi connectivity index (χ4n) is 2.22. The van der Waals surface area contributed by atoms with Crippen molar-refractivity contribution in [1.82, 2.24) is 10.0 Å². The Hall–Kier alpha value is -1.44. The normalized spacial score (nSPS) is 16.3. The van der Waals surface area contributed by atoms with Crippen LogP contribution in [0.15, 0.2) is 29.2 Å². The summed E-state index contributed by atoms with van der Waals surface area (Å²) in [4.78, 5) is 12.0. The van der Waals surface area contributed by atoms with E-state index in [1.165, 1.54) is 19.9 Å². The van der Waals surface area contributed by atoms with Crippen molar-refractivity contribution in [2.45, 2.75) is 36.6 Å². The van der Waals surface area contributed by atoms with Crippen molar-refractivity contribution >= 4 is 15.9 Å². The minimum absolute atomic E-state index is 0.0250. The molecule has 1 aliphatic carbocycles. The number of benzene rings is 1. The molecule has 0 saturated heterocycles. The van der Waals surface area contributed by atoms with Crippen molar-refractivity contribution in [3.63, 3.8) is 0 Å². The van der Waals surface area contributed by atoms with E-state index < -0.39 is 10.0 Å². The highest BCUT2D eigenvalue weighted by atomic mass is 32.2. The highest BCUT2D eigenvalue weighted by Crippen LogP contribution is 2.31. The van der Waals surface area contributed by atoms with Gasteiger partial charge in [0.25, 0.3) is 0 Å². The minimum atomic E-state index is -3.41. The first kappa shape index (κ1) is 16.9. The molecule has 2 rings (SSSR count). The Morgan fingerprint density at radius 2 is 1.95 bits per heavy atom. The van der Waals surface area contributed by atoms with E-state index in [1.807, 2.05) is 0 Å². The van der Waals surface area contributed by atoms with Crippen molar-refractivity contribution < 1.29 is 13.2 Å². The second kappa shape index (κ2) is 7.21. The van der Waals surface area contributed by atoms with Gasteiger partial charge >= 0.3 is 0 Å². The second-order valence-corrected chi connectivity index (χ2v) is 7.54. The molecule has 1 aromatic carbocycles. The maximum atomic E-state index is 11.8. The number of nitrogens with two attached hydrogens (primary N) is 1. The first-order chi connectivity index (χ1) is 10.4. The van der Waals surface area contributed by atoms with Crippen LogP contribution < -0.4 is 15.8 Å². The lowest BCUT2D eigenvalue weighted by molar-refractivity contribution is -0.121. The lowest BCUT2D eigenvalue weighted by Gasteiger charge is -2.11. The molecule has 6 nitrogen and oxygen atoms in total. The molecule has 0 aliphatic heterocycles. The van der Waals surface area contributed by atoms with Gasteiger partial charge in [0.1, 0.15) is 0 Å². The van der Waals surface area contributed by atoms with Crippen molar-refractivity contribution in [2.75, 3.05) is 13.6 Å². The van der Waals surface area contributed by atoms with E-state index in [-0.39, 0.29) is 16.8 Å². The predicted molar refractivity (Wildman–Crippen MR) is 84.7 cm³/mol. The fraction of sp³-hybridized carbons (Fsp3) is 0.533. The van der Waals surface area contributed by atoms with Gasteiger partial charge < -0.3 is 11.1 Å². The van der Waals surface area contributed by atoms with Crippen LogP contribution in [0.25, 0.3) is 0 Å². The number of carbonyl (C=O) groups is 1. The van der Waals surface area contributed by atoms with Crippen LogP contribution in [-0.4, -0.2) is 34.0 Å². The van der Waals surface area contributed by atoms with Gasteiger partial charge in [-0.2, -0.15) is 0 Å². The molecule has 122 valence electrons. The number of sulfonamides is 1. The quantitative estimate of drug-likeness (QED) is 0.643. The predicted octanol–water partition coefficient (Wildman–Crippen LogP) is 0.381. The molecule has 0 radical (unpaired) electrons. The van der Waals surface area contributed by atoms with Gasteiger partial charge in [-0.25, -0.2) is 13.1 Å². The average Bonchev–Trinajstić information content (AvgIpc) is 3.36. The zero-order valence-electron chi connectivity index (χ0n) is 12.7. The van der Waals surface area contributed by atoms with Gasteiger partial charge in [0.15, 0.2) is 0 Å². The third-order valence-corrected chi connectivity index (χ3v) is 5.34. The van der Waals surface area contributed by atoms with Crippen molar-refractivity contribution in [3.05, 3.63) is 29.8 Å². The fourth-order valence-corrected chi connectivity index (χ4v) is 2.95.